The second-order valence-electron chi connectivity index (χ2n) is 5.90. The van der Waals surface area contributed by atoms with E-state index in [0.717, 1.165) is 10.2 Å². The van der Waals surface area contributed by atoms with Crippen LogP contribution >= 0.6 is 15.9 Å². The van der Waals surface area contributed by atoms with Gasteiger partial charge >= 0.3 is 0 Å². The summed E-state index contributed by atoms with van der Waals surface area (Å²) in [6.45, 7) is 6.57. The highest BCUT2D eigenvalue weighted by Gasteiger charge is 2.36. The minimum Gasteiger partial charge on any atom is -0.353 e. The average Bonchev–Trinajstić information content (AvgIpc) is 2.81. The molecule has 114 valence electrons. The molecule has 4 nitrogen and oxygen atoms in total. The van der Waals surface area contributed by atoms with Gasteiger partial charge in [0, 0.05) is 23.5 Å². The third-order valence-corrected chi connectivity index (χ3v) is 4.68. The molecule has 1 N–H and O–H groups in total. The summed E-state index contributed by atoms with van der Waals surface area (Å²) in [6, 6.07) is 7.70. The number of benzene rings is 1. The first kappa shape index (κ1) is 16.0. The molecule has 2 atom stereocenters. The van der Waals surface area contributed by atoms with Gasteiger partial charge in [-0.3, -0.25) is 9.59 Å². The van der Waals surface area contributed by atoms with Crippen LogP contribution in [-0.4, -0.2) is 24.4 Å². The Balaban J connectivity index is 2.06. The fraction of sp³-hybridized carbons (Fsp3) is 0.500. The highest BCUT2D eigenvalue weighted by atomic mass is 79.9. The lowest BCUT2D eigenvalue weighted by molar-refractivity contribution is -0.127. The van der Waals surface area contributed by atoms with Crippen molar-refractivity contribution >= 4 is 33.4 Å². The van der Waals surface area contributed by atoms with Crippen molar-refractivity contribution in [1.82, 2.24) is 5.32 Å². The predicted octanol–water partition coefficient (Wildman–Crippen LogP) is 2.96. The summed E-state index contributed by atoms with van der Waals surface area (Å²) in [4.78, 5) is 26.1. The van der Waals surface area contributed by atoms with Crippen molar-refractivity contribution in [2.24, 2.45) is 11.8 Å². The maximum atomic E-state index is 12.3. The van der Waals surface area contributed by atoms with Crippen molar-refractivity contribution in [3.63, 3.8) is 0 Å². The van der Waals surface area contributed by atoms with Crippen molar-refractivity contribution < 1.29 is 9.59 Å². The molecule has 0 aromatic heterocycles. The lowest BCUT2D eigenvalue weighted by Crippen LogP contribution is -2.40. The molecule has 2 amide bonds. The molecule has 0 spiro atoms. The van der Waals surface area contributed by atoms with E-state index < -0.39 is 0 Å². The smallest absolute Gasteiger partial charge is 0.227 e. The van der Waals surface area contributed by atoms with E-state index in [9.17, 15) is 9.59 Å². The van der Waals surface area contributed by atoms with Crippen LogP contribution in [0.4, 0.5) is 5.69 Å². The number of carbonyl (C=O) groups is 2. The summed E-state index contributed by atoms with van der Waals surface area (Å²) in [5.74, 6) is 0.0783. The van der Waals surface area contributed by atoms with Gasteiger partial charge in [0.1, 0.15) is 0 Å². The number of amides is 2. The van der Waals surface area contributed by atoms with Gasteiger partial charge in [-0.25, -0.2) is 0 Å². The van der Waals surface area contributed by atoms with E-state index in [4.69, 9.17) is 0 Å². The Labute approximate surface area is 134 Å². The molecule has 2 unspecified atom stereocenters. The van der Waals surface area contributed by atoms with Crippen molar-refractivity contribution in [2.45, 2.75) is 33.2 Å². The molecule has 1 fully saturated rings. The summed E-state index contributed by atoms with van der Waals surface area (Å²) in [5.41, 5.74) is 0.828. The van der Waals surface area contributed by atoms with Crippen molar-refractivity contribution in [1.29, 1.82) is 0 Å². The van der Waals surface area contributed by atoms with Gasteiger partial charge in [0.2, 0.25) is 11.8 Å². The Hall–Kier alpha value is -1.36. The summed E-state index contributed by atoms with van der Waals surface area (Å²) in [6.07, 6.45) is 0.276. The van der Waals surface area contributed by atoms with Crippen LogP contribution in [0.1, 0.15) is 27.2 Å². The number of rotatable bonds is 4. The number of halogens is 1. The highest BCUT2D eigenvalue weighted by molar-refractivity contribution is 9.10. The predicted molar refractivity (Wildman–Crippen MR) is 87.0 cm³/mol. The van der Waals surface area contributed by atoms with Gasteiger partial charge in [0.05, 0.1) is 11.6 Å². The maximum absolute atomic E-state index is 12.3. The number of hydrogen-bond donors (Lipinski definition) is 1. The van der Waals surface area contributed by atoms with Crippen LogP contribution in [0.25, 0.3) is 0 Å². The third-order valence-electron chi connectivity index (χ3n) is 4.01. The molecule has 1 aromatic carbocycles. The van der Waals surface area contributed by atoms with E-state index >= 15 is 0 Å². The fourth-order valence-corrected chi connectivity index (χ4v) is 2.79. The Bertz CT molecular complexity index is 545. The highest BCUT2D eigenvalue weighted by Crippen LogP contribution is 2.31. The zero-order chi connectivity index (χ0) is 15.6. The largest absolute Gasteiger partial charge is 0.353 e. The number of nitrogens with zero attached hydrogens (tertiary/aromatic N) is 1. The Morgan fingerprint density at radius 1 is 1.33 bits per heavy atom. The number of para-hydroxylation sites is 1. The molecule has 0 radical (unpaired) electrons. The molecule has 21 heavy (non-hydrogen) atoms. The van der Waals surface area contributed by atoms with Crippen LogP contribution in [0, 0.1) is 11.8 Å². The van der Waals surface area contributed by atoms with Gasteiger partial charge in [-0.15, -0.1) is 0 Å². The Morgan fingerprint density at radius 2 is 2.00 bits per heavy atom. The lowest BCUT2D eigenvalue weighted by atomic mass is 10.0. The third kappa shape index (κ3) is 3.64. The Kier molecular flexibility index (Phi) is 5.04. The van der Waals surface area contributed by atoms with E-state index in [1.165, 1.54) is 0 Å². The van der Waals surface area contributed by atoms with Gasteiger partial charge in [-0.05, 0) is 40.9 Å². The first-order valence-electron chi connectivity index (χ1n) is 7.25. The minimum absolute atomic E-state index is 0.000694. The zero-order valence-corrected chi connectivity index (χ0v) is 14.2. The molecule has 1 aliphatic heterocycles. The molecule has 1 aromatic rings. The second kappa shape index (κ2) is 6.60. The molecule has 1 aliphatic rings. The van der Waals surface area contributed by atoms with Crippen LogP contribution in [0.15, 0.2) is 28.7 Å². The lowest BCUT2D eigenvalue weighted by Gasteiger charge is -2.21. The summed E-state index contributed by atoms with van der Waals surface area (Å²) in [7, 11) is 0. The van der Waals surface area contributed by atoms with Gasteiger partial charge < -0.3 is 10.2 Å². The molecule has 1 saturated heterocycles. The van der Waals surface area contributed by atoms with E-state index in [0.29, 0.717) is 12.5 Å². The van der Waals surface area contributed by atoms with Crippen LogP contribution in [0.5, 0.6) is 0 Å². The van der Waals surface area contributed by atoms with Crippen LogP contribution < -0.4 is 10.2 Å². The van der Waals surface area contributed by atoms with Crippen molar-refractivity contribution in [2.75, 3.05) is 11.4 Å². The van der Waals surface area contributed by atoms with Crippen LogP contribution in [0.2, 0.25) is 0 Å². The molecule has 0 saturated carbocycles. The van der Waals surface area contributed by atoms with Crippen molar-refractivity contribution in [3.8, 4) is 0 Å². The van der Waals surface area contributed by atoms with Gasteiger partial charge in [-0.2, -0.15) is 0 Å². The quantitative estimate of drug-likeness (QED) is 0.905. The van der Waals surface area contributed by atoms with E-state index in [-0.39, 0.29) is 30.2 Å². The summed E-state index contributed by atoms with van der Waals surface area (Å²) >= 11 is 3.46. The topological polar surface area (TPSA) is 49.4 Å². The number of nitrogens with one attached hydrogen (secondary N) is 1. The summed E-state index contributed by atoms with van der Waals surface area (Å²) < 4.78 is 0.870. The van der Waals surface area contributed by atoms with Crippen LogP contribution in [-0.2, 0) is 9.59 Å². The fourth-order valence-electron chi connectivity index (χ4n) is 2.30. The van der Waals surface area contributed by atoms with E-state index in [2.05, 4.69) is 35.1 Å². The first-order chi connectivity index (χ1) is 9.90. The first-order valence-corrected chi connectivity index (χ1v) is 8.04. The molecule has 2 rings (SSSR count). The van der Waals surface area contributed by atoms with Gasteiger partial charge in [0.25, 0.3) is 0 Å². The summed E-state index contributed by atoms with van der Waals surface area (Å²) in [5, 5.41) is 3.00. The maximum Gasteiger partial charge on any atom is 0.227 e. The van der Waals surface area contributed by atoms with Crippen molar-refractivity contribution in [3.05, 3.63) is 28.7 Å². The molecule has 0 aliphatic carbocycles. The number of anilines is 1. The molecule has 0 bridgehead atoms. The van der Waals surface area contributed by atoms with Gasteiger partial charge in [0.15, 0.2) is 0 Å². The molecular formula is C16H21BrN2O2. The number of carbonyl (C=O) groups excluding carboxylic acids is 2. The van der Waals surface area contributed by atoms with E-state index in [1.54, 1.807) is 4.90 Å². The average molecular weight is 353 g/mol. The molecule has 1 heterocycles. The number of hydrogen-bond acceptors (Lipinski definition) is 2. The Morgan fingerprint density at radius 3 is 2.62 bits per heavy atom. The second-order valence-corrected chi connectivity index (χ2v) is 6.75. The normalized spacial score (nSPS) is 20.0. The standard InChI is InChI=1S/C16H21BrN2O2/c1-10(2)11(3)18-16(21)12-8-15(20)19(9-12)14-7-5-4-6-13(14)17/h4-7,10-12H,8-9H2,1-3H3,(H,18,21). The minimum atomic E-state index is -0.272. The monoisotopic (exact) mass is 352 g/mol. The van der Waals surface area contributed by atoms with Crippen LogP contribution in [0.3, 0.4) is 0 Å². The molecular weight excluding hydrogens is 332 g/mol. The zero-order valence-electron chi connectivity index (χ0n) is 12.6. The molecule has 5 heteroatoms. The van der Waals surface area contributed by atoms with E-state index in [1.807, 2.05) is 31.2 Å². The SMILES string of the molecule is CC(C)C(C)NC(=O)C1CC(=O)N(c2ccccc2Br)C1. The van der Waals surface area contributed by atoms with Gasteiger partial charge in [-0.1, -0.05) is 26.0 Å².